The van der Waals surface area contributed by atoms with E-state index in [0.29, 0.717) is 6.54 Å². The molecule has 0 heterocycles. The molecule has 108 valence electrons. The van der Waals surface area contributed by atoms with Crippen LogP contribution in [-0.2, 0) is 10.2 Å². The van der Waals surface area contributed by atoms with E-state index in [1.807, 2.05) is 44.2 Å². The van der Waals surface area contributed by atoms with E-state index in [1.54, 1.807) is 6.08 Å². The molecule has 0 saturated heterocycles. The molecule has 0 atom stereocenters. The van der Waals surface area contributed by atoms with E-state index in [0.717, 1.165) is 16.7 Å². The number of carbonyl (C=O) groups is 1. The second kappa shape index (κ2) is 6.40. The zero-order valence-electron chi connectivity index (χ0n) is 12.6. The quantitative estimate of drug-likeness (QED) is 0.825. The molecule has 0 unspecified atom stereocenters. The number of benzene rings is 2. The van der Waals surface area contributed by atoms with Crippen LogP contribution < -0.4 is 5.32 Å². The summed E-state index contributed by atoms with van der Waals surface area (Å²) in [5.41, 5.74) is 2.71. The van der Waals surface area contributed by atoms with E-state index in [9.17, 15) is 4.79 Å². The van der Waals surface area contributed by atoms with Crippen LogP contribution in [0.3, 0.4) is 0 Å². The Morgan fingerprint density at radius 1 is 1.10 bits per heavy atom. The second-order valence-electron chi connectivity index (χ2n) is 5.57. The lowest BCUT2D eigenvalue weighted by Crippen LogP contribution is -2.40. The third-order valence-corrected chi connectivity index (χ3v) is 3.67. The highest BCUT2D eigenvalue weighted by Gasteiger charge is 2.29. The predicted octanol–water partition coefficient (Wildman–Crippen LogP) is 3.93. The van der Waals surface area contributed by atoms with Gasteiger partial charge in [-0.2, -0.15) is 0 Å². The molecule has 0 fully saturated rings. The van der Waals surface area contributed by atoms with Crippen molar-refractivity contribution in [1.29, 1.82) is 0 Å². The van der Waals surface area contributed by atoms with Crippen LogP contribution in [0.15, 0.2) is 67.3 Å². The average Bonchev–Trinajstić information content (AvgIpc) is 2.53. The lowest BCUT2D eigenvalue weighted by Gasteiger charge is -2.24. The zero-order valence-corrected chi connectivity index (χ0v) is 12.6. The number of nitrogens with one attached hydrogen (secondary N) is 1. The van der Waals surface area contributed by atoms with Crippen molar-refractivity contribution in [1.82, 2.24) is 5.32 Å². The Morgan fingerprint density at radius 3 is 2.43 bits per heavy atom. The van der Waals surface area contributed by atoms with E-state index in [4.69, 9.17) is 0 Å². The first-order chi connectivity index (χ1) is 10.1. The van der Waals surface area contributed by atoms with Crippen molar-refractivity contribution in [3.63, 3.8) is 0 Å². The lowest BCUT2D eigenvalue weighted by molar-refractivity contribution is -0.125. The Kier molecular flexibility index (Phi) is 4.59. The Bertz CT molecular complexity index is 629. The van der Waals surface area contributed by atoms with Gasteiger partial charge < -0.3 is 5.32 Å². The Balaban J connectivity index is 2.32. The molecule has 0 radical (unpaired) electrons. The monoisotopic (exact) mass is 279 g/mol. The van der Waals surface area contributed by atoms with Crippen LogP contribution in [0.5, 0.6) is 0 Å². The molecule has 2 nitrogen and oxygen atoms in total. The molecule has 0 aliphatic carbocycles. The van der Waals surface area contributed by atoms with Gasteiger partial charge in [0.2, 0.25) is 5.91 Å². The van der Waals surface area contributed by atoms with Crippen molar-refractivity contribution in [2.24, 2.45) is 0 Å². The van der Waals surface area contributed by atoms with E-state index < -0.39 is 5.41 Å². The molecular weight excluding hydrogens is 258 g/mol. The molecule has 0 spiro atoms. The van der Waals surface area contributed by atoms with Crippen molar-refractivity contribution in [3.05, 3.63) is 72.8 Å². The molecule has 21 heavy (non-hydrogen) atoms. The lowest BCUT2D eigenvalue weighted by atomic mass is 9.82. The number of hydrogen-bond donors (Lipinski definition) is 1. The summed E-state index contributed by atoms with van der Waals surface area (Å²) in [5, 5.41) is 2.87. The highest BCUT2D eigenvalue weighted by Crippen LogP contribution is 2.28. The number of amides is 1. The summed E-state index contributed by atoms with van der Waals surface area (Å²) in [6.45, 7) is 7.99. The first-order valence-corrected chi connectivity index (χ1v) is 7.11. The minimum absolute atomic E-state index is 0.00705. The van der Waals surface area contributed by atoms with Crippen molar-refractivity contribution in [2.45, 2.75) is 19.3 Å². The van der Waals surface area contributed by atoms with E-state index >= 15 is 0 Å². The summed E-state index contributed by atoms with van der Waals surface area (Å²) in [4.78, 5) is 12.3. The number of carbonyl (C=O) groups excluding carboxylic acids is 1. The number of rotatable bonds is 5. The van der Waals surface area contributed by atoms with Gasteiger partial charge in [0.1, 0.15) is 0 Å². The molecule has 0 aliphatic heterocycles. The van der Waals surface area contributed by atoms with Crippen LogP contribution in [0.4, 0.5) is 0 Å². The molecule has 2 aromatic carbocycles. The molecular formula is C19H21NO. The molecule has 1 amide bonds. The molecule has 0 aliphatic rings. The van der Waals surface area contributed by atoms with Gasteiger partial charge in [0.25, 0.3) is 0 Å². The molecule has 2 heteroatoms. The molecule has 0 bridgehead atoms. The van der Waals surface area contributed by atoms with Gasteiger partial charge in [-0.05, 0) is 30.5 Å². The van der Waals surface area contributed by atoms with Gasteiger partial charge in [-0.3, -0.25) is 4.79 Å². The normalized spacial score (nSPS) is 11.0. The maximum atomic E-state index is 12.3. The van der Waals surface area contributed by atoms with Crippen LogP contribution >= 0.6 is 0 Å². The Hall–Kier alpha value is -2.35. The van der Waals surface area contributed by atoms with Crippen LogP contribution in [0.2, 0.25) is 0 Å². The maximum Gasteiger partial charge on any atom is 0.230 e. The van der Waals surface area contributed by atoms with Crippen molar-refractivity contribution in [2.75, 3.05) is 6.54 Å². The summed E-state index contributed by atoms with van der Waals surface area (Å²) < 4.78 is 0. The summed E-state index contributed by atoms with van der Waals surface area (Å²) in [6.07, 6.45) is 1.69. The van der Waals surface area contributed by atoms with Gasteiger partial charge in [-0.15, -0.1) is 6.58 Å². The van der Waals surface area contributed by atoms with Gasteiger partial charge in [0, 0.05) is 6.54 Å². The van der Waals surface area contributed by atoms with Gasteiger partial charge in [0.05, 0.1) is 5.41 Å². The predicted molar refractivity (Wildman–Crippen MR) is 88.1 cm³/mol. The highest BCUT2D eigenvalue weighted by molar-refractivity contribution is 5.87. The van der Waals surface area contributed by atoms with Gasteiger partial charge >= 0.3 is 0 Å². The minimum atomic E-state index is -0.576. The molecule has 1 N–H and O–H groups in total. The SMILES string of the molecule is C=CCNC(=O)C(C)(C)c1cccc(-c2ccccc2)c1. The molecule has 2 aromatic rings. The fraction of sp³-hybridized carbons (Fsp3) is 0.211. The number of hydrogen-bond acceptors (Lipinski definition) is 1. The Morgan fingerprint density at radius 2 is 1.76 bits per heavy atom. The van der Waals surface area contributed by atoms with Crippen LogP contribution in [0.1, 0.15) is 19.4 Å². The maximum absolute atomic E-state index is 12.3. The van der Waals surface area contributed by atoms with Gasteiger partial charge in [-0.1, -0.05) is 60.7 Å². The first-order valence-electron chi connectivity index (χ1n) is 7.11. The Labute approximate surface area is 126 Å². The topological polar surface area (TPSA) is 29.1 Å². The van der Waals surface area contributed by atoms with Crippen molar-refractivity contribution < 1.29 is 4.79 Å². The molecule has 0 saturated carbocycles. The zero-order chi connectivity index (χ0) is 15.3. The van der Waals surface area contributed by atoms with Crippen LogP contribution in [0, 0.1) is 0 Å². The smallest absolute Gasteiger partial charge is 0.230 e. The summed E-state index contributed by atoms with van der Waals surface area (Å²) in [6, 6.07) is 18.3. The van der Waals surface area contributed by atoms with Crippen molar-refractivity contribution >= 4 is 5.91 Å². The van der Waals surface area contributed by atoms with Crippen LogP contribution in [0.25, 0.3) is 11.1 Å². The van der Waals surface area contributed by atoms with E-state index in [1.165, 1.54) is 0 Å². The summed E-state index contributed by atoms with van der Waals surface area (Å²) in [5.74, 6) is 0.00705. The van der Waals surface area contributed by atoms with Crippen LogP contribution in [-0.4, -0.2) is 12.5 Å². The fourth-order valence-corrected chi connectivity index (χ4v) is 2.24. The van der Waals surface area contributed by atoms with E-state index in [2.05, 4.69) is 36.2 Å². The average molecular weight is 279 g/mol. The summed E-state index contributed by atoms with van der Waals surface area (Å²) in [7, 11) is 0. The largest absolute Gasteiger partial charge is 0.352 e. The molecule has 2 rings (SSSR count). The minimum Gasteiger partial charge on any atom is -0.352 e. The van der Waals surface area contributed by atoms with Crippen molar-refractivity contribution in [3.8, 4) is 11.1 Å². The third kappa shape index (κ3) is 3.40. The standard InChI is InChI=1S/C19H21NO/c1-4-13-20-18(21)19(2,3)17-12-8-11-16(14-17)15-9-6-5-7-10-15/h4-12,14H,1,13H2,2-3H3,(H,20,21). The highest BCUT2D eigenvalue weighted by atomic mass is 16.2. The van der Waals surface area contributed by atoms with Gasteiger partial charge in [0.15, 0.2) is 0 Å². The van der Waals surface area contributed by atoms with Gasteiger partial charge in [-0.25, -0.2) is 0 Å². The first kappa shape index (κ1) is 15.0. The second-order valence-corrected chi connectivity index (χ2v) is 5.57. The van der Waals surface area contributed by atoms with E-state index in [-0.39, 0.29) is 5.91 Å². The molecule has 0 aromatic heterocycles. The third-order valence-electron chi connectivity index (χ3n) is 3.67. The summed E-state index contributed by atoms with van der Waals surface area (Å²) >= 11 is 0. The fourth-order valence-electron chi connectivity index (χ4n) is 2.24.